The minimum Gasteiger partial charge on any atom is -0.508 e. The van der Waals surface area contributed by atoms with E-state index >= 15 is 0 Å². The first-order valence-electron chi connectivity index (χ1n) is 9.71. The second-order valence-electron chi connectivity index (χ2n) is 7.23. The average molecular weight is 402 g/mol. The van der Waals surface area contributed by atoms with Crippen molar-refractivity contribution in [3.8, 4) is 11.5 Å². The molecule has 2 aromatic carbocycles. The van der Waals surface area contributed by atoms with Crippen LogP contribution in [0.4, 0.5) is 0 Å². The fourth-order valence-electron chi connectivity index (χ4n) is 3.46. The van der Waals surface area contributed by atoms with Crippen LogP contribution in [0.5, 0.6) is 11.5 Å². The summed E-state index contributed by atoms with van der Waals surface area (Å²) < 4.78 is 0. The number of rotatable bonds is 4. The van der Waals surface area contributed by atoms with Crippen LogP contribution in [0.25, 0.3) is 0 Å². The Kier molecular flexibility index (Phi) is 7.27. The molecule has 0 aromatic heterocycles. The van der Waals surface area contributed by atoms with Crippen molar-refractivity contribution in [2.75, 3.05) is 0 Å². The monoisotopic (exact) mass is 401 g/mol. The van der Waals surface area contributed by atoms with E-state index in [1.165, 1.54) is 17.2 Å². The third kappa shape index (κ3) is 4.75. The molecular weight excluding hydrogens is 370 g/mol. The number of hydrogen-bond donors (Lipinski definition) is 4. The molecule has 1 atom stereocenters. The highest BCUT2D eigenvalue weighted by Gasteiger charge is 2.31. The molecule has 152 valence electrons. The van der Waals surface area contributed by atoms with E-state index in [-0.39, 0.29) is 23.6 Å². The van der Waals surface area contributed by atoms with Gasteiger partial charge in [0, 0.05) is 18.2 Å². The molecule has 6 heteroatoms. The molecule has 28 heavy (non-hydrogen) atoms. The number of aryl methyl sites for hydroxylation is 2. The predicted octanol–water partition coefficient (Wildman–Crippen LogP) is 4.76. The molecule has 5 nitrogen and oxygen atoms in total. The van der Waals surface area contributed by atoms with Crippen LogP contribution < -0.4 is 10.9 Å². The molecule has 1 unspecified atom stereocenters. The van der Waals surface area contributed by atoms with Gasteiger partial charge in [0.15, 0.2) is 5.11 Å². The van der Waals surface area contributed by atoms with Crippen molar-refractivity contribution in [1.82, 2.24) is 15.8 Å². The van der Waals surface area contributed by atoms with Gasteiger partial charge in [0.25, 0.3) is 0 Å². The van der Waals surface area contributed by atoms with Crippen molar-refractivity contribution >= 4 is 17.3 Å². The summed E-state index contributed by atoms with van der Waals surface area (Å²) in [7, 11) is 0. The second kappa shape index (κ2) is 9.26. The number of benzene rings is 2. The van der Waals surface area contributed by atoms with Gasteiger partial charge in [-0.1, -0.05) is 57.0 Å². The molecule has 0 radical (unpaired) electrons. The number of nitrogens with zero attached hydrogens (tertiary/aromatic N) is 1. The van der Waals surface area contributed by atoms with Gasteiger partial charge < -0.3 is 15.1 Å². The molecule has 1 saturated heterocycles. The summed E-state index contributed by atoms with van der Waals surface area (Å²) in [6, 6.07) is 9.67. The number of aromatic hydroxyl groups is 2. The molecule has 0 bridgehead atoms. The van der Waals surface area contributed by atoms with Gasteiger partial charge >= 0.3 is 0 Å². The number of phenolic OH excluding ortho intramolecular Hbond substituents is 2. The van der Waals surface area contributed by atoms with Gasteiger partial charge in [0.2, 0.25) is 0 Å². The minimum absolute atomic E-state index is 0.0429. The quantitative estimate of drug-likeness (QED) is 0.554. The summed E-state index contributed by atoms with van der Waals surface area (Å²) in [6.45, 7) is 12.8. The van der Waals surface area contributed by atoms with Gasteiger partial charge in [-0.05, 0) is 49.2 Å². The van der Waals surface area contributed by atoms with Crippen LogP contribution in [-0.2, 0) is 6.54 Å². The summed E-state index contributed by atoms with van der Waals surface area (Å²) in [6.07, 6.45) is -0.318. The molecule has 1 aliphatic heterocycles. The van der Waals surface area contributed by atoms with E-state index in [2.05, 4.69) is 42.9 Å². The summed E-state index contributed by atoms with van der Waals surface area (Å²) >= 11 is 5.46. The Balaban J connectivity index is 0.00000136. The average Bonchev–Trinajstić information content (AvgIpc) is 2.96. The van der Waals surface area contributed by atoms with Crippen LogP contribution in [0, 0.1) is 13.8 Å². The number of hydrazine groups is 1. The molecule has 0 amide bonds. The van der Waals surface area contributed by atoms with Gasteiger partial charge in [0.1, 0.15) is 17.7 Å². The third-order valence-electron chi connectivity index (χ3n) is 4.62. The van der Waals surface area contributed by atoms with Crippen LogP contribution in [-0.4, -0.2) is 20.2 Å². The molecule has 2 aromatic rings. The third-order valence-corrected chi connectivity index (χ3v) is 4.95. The van der Waals surface area contributed by atoms with Gasteiger partial charge in [-0.15, -0.1) is 0 Å². The van der Waals surface area contributed by atoms with Crippen molar-refractivity contribution in [3.63, 3.8) is 0 Å². The molecule has 0 spiro atoms. The summed E-state index contributed by atoms with van der Waals surface area (Å²) in [5.74, 6) is 0.292. The zero-order valence-electron chi connectivity index (χ0n) is 17.5. The molecule has 0 aliphatic carbocycles. The predicted molar refractivity (Wildman–Crippen MR) is 118 cm³/mol. The molecule has 1 aliphatic rings. The molecule has 1 heterocycles. The second-order valence-corrected chi connectivity index (χ2v) is 7.61. The summed E-state index contributed by atoms with van der Waals surface area (Å²) in [5, 5.41) is 21.1. The number of nitrogens with one attached hydrogen (secondary N) is 2. The first kappa shape index (κ1) is 22.0. The van der Waals surface area contributed by atoms with E-state index in [0.717, 1.165) is 11.1 Å². The largest absolute Gasteiger partial charge is 0.508 e. The highest BCUT2D eigenvalue weighted by atomic mass is 32.1. The van der Waals surface area contributed by atoms with Crippen molar-refractivity contribution in [2.24, 2.45) is 0 Å². The molecular formula is C22H31N3O2S. The Hall–Kier alpha value is -2.31. The maximum atomic E-state index is 10.4. The van der Waals surface area contributed by atoms with E-state index in [0.29, 0.717) is 17.2 Å². The number of thiocarbonyl (C=S) groups is 1. The van der Waals surface area contributed by atoms with Gasteiger partial charge in [-0.3, -0.25) is 5.43 Å². The molecule has 4 N–H and O–H groups in total. The summed E-state index contributed by atoms with van der Waals surface area (Å²) in [4.78, 5) is 2.00. The summed E-state index contributed by atoms with van der Waals surface area (Å²) in [5.41, 5.74) is 11.2. The Bertz CT molecular complexity index is 832. The zero-order chi connectivity index (χ0) is 21.0. The normalized spacial score (nSPS) is 16.0. The van der Waals surface area contributed by atoms with Crippen molar-refractivity contribution < 1.29 is 10.2 Å². The van der Waals surface area contributed by atoms with Crippen LogP contribution >= 0.6 is 12.2 Å². The standard InChI is InChI=1S/C20H25N3O2S.C2H6/c1-11(2)15-8-16(18(25)9-17(15)24)19-21-22-20(26)23(19)10-14-6-12(3)5-13(4)7-14;1-2/h5-9,11,19,21,24-25H,10H2,1-4H3,(H,22,26);1-2H3. The fourth-order valence-corrected chi connectivity index (χ4v) is 3.68. The lowest BCUT2D eigenvalue weighted by molar-refractivity contribution is 0.298. The number of hydrogen-bond acceptors (Lipinski definition) is 4. The molecule has 0 saturated carbocycles. The van der Waals surface area contributed by atoms with E-state index < -0.39 is 0 Å². The smallest absolute Gasteiger partial charge is 0.185 e. The first-order valence-corrected chi connectivity index (χ1v) is 10.1. The lowest BCUT2D eigenvalue weighted by Crippen LogP contribution is -2.29. The number of phenols is 2. The highest BCUT2D eigenvalue weighted by molar-refractivity contribution is 7.80. The maximum Gasteiger partial charge on any atom is 0.185 e. The zero-order valence-corrected chi connectivity index (χ0v) is 18.3. The fraction of sp³-hybridized carbons (Fsp3) is 0.409. The van der Waals surface area contributed by atoms with Crippen molar-refractivity contribution in [3.05, 3.63) is 58.1 Å². The Morgan fingerprint density at radius 1 is 1.00 bits per heavy atom. The Labute approximate surface area is 173 Å². The van der Waals surface area contributed by atoms with Gasteiger partial charge in [-0.25, -0.2) is 5.43 Å². The first-order chi connectivity index (χ1) is 13.3. The van der Waals surface area contributed by atoms with Gasteiger partial charge in [-0.2, -0.15) is 0 Å². The van der Waals surface area contributed by atoms with Crippen LogP contribution in [0.15, 0.2) is 30.3 Å². The van der Waals surface area contributed by atoms with E-state index in [1.54, 1.807) is 0 Å². The van der Waals surface area contributed by atoms with Crippen molar-refractivity contribution in [1.29, 1.82) is 0 Å². The topological polar surface area (TPSA) is 67.8 Å². The highest BCUT2D eigenvalue weighted by Crippen LogP contribution is 2.37. The lowest BCUT2D eigenvalue weighted by Gasteiger charge is -2.26. The Morgan fingerprint density at radius 2 is 1.61 bits per heavy atom. The minimum atomic E-state index is -0.318. The van der Waals surface area contributed by atoms with Gasteiger partial charge in [0.05, 0.1) is 0 Å². The van der Waals surface area contributed by atoms with Crippen LogP contribution in [0.1, 0.15) is 67.6 Å². The van der Waals surface area contributed by atoms with E-state index in [9.17, 15) is 10.2 Å². The molecule has 1 fully saturated rings. The lowest BCUT2D eigenvalue weighted by atomic mass is 9.97. The van der Waals surface area contributed by atoms with Crippen LogP contribution in [0.2, 0.25) is 0 Å². The van der Waals surface area contributed by atoms with Crippen molar-refractivity contribution in [2.45, 2.75) is 60.2 Å². The van der Waals surface area contributed by atoms with E-state index in [4.69, 9.17) is 12.2 Å². The van der Waals surface area contributed by atoms with Crippen LogP contribution in [0.3, 0.4) is 0 Å². The maximum absolute atomic E-state index is 10.4. The SMILES string of the molecule is CC.Cc1cc(C)cc(CN2C(=S)NNC2c2cc(C(C)C)c(O)cc2O)c1. The Morgan fingerprint density at radius 3 is 2.18 bits per heavy atom. The molecule has 3 rings (SSSR count). The van der Waals surface area contributed by atoms with E-state index in [1.807, 2.05) is 38.7 Å².